The Hall–Kier alpha value is -2.66. The predicted molar refractivity (Wildman–Crippen MR) is 107 cm³/mol. The van der Waals surface area contributed by atoms with E-state index in [1.165, 1.54) is 0 Å². The summed E-state index contributed by atoms with van der Waals surface area (Å²) >= 11 is 0. The Balaban J connectivity index is 1.39. The van der Waals surface area contributed by atoms with Gasteiger partial charge in [0.1, 0.15) is 5.52 Å². The lowest BCUT2D eigenvalue weighted by atomic mass is 9.98. The number of hydrogen-bond donors (Lipinski definition) is 1. The largest absolute Gasteiger partial charge is 0.440 e. The lowest BCUT2D eigenvalue weighted by Gasteiger charge is -2.30. The molecule has 0 radical (unpaired) electrons. The molecule has 0 spiro atoms. The summed E-state index contributed by atoms with van der Waals surface area (Å²) in [7, 11) is 0. The van der Waals surface area contributed by atoms with Crippen LogP contribution in [0.15, 0.2) is 46.9 Å². The number of oxazole rings is 1. The van der Waals surface area contributed by atoms with Gasteiger partial charge in [0.05, 0.1) is 6.54 Å². The van der Waals surface area contributed by atoms with Crippen molar-refractivity contribution in [2.75, 3.05) is 25.0 Å². The zero-order valence-electron chi connectivity index (χ0n) is 15.9. The molecule has 5 heteroatoms. The van der Waals surface area contributed by atoms with E-state index in [-0.39, 0.29) is 11.8 Å². The first-order chi connectivity index (χ1) is 13.1. The molecule has 140 valence electrons. The molecule has 1 aromatic heterocycles. The molecule has 3 aromatic rings. The number of hydrogen-bond acceptors (Lipinski definition) is 4. The molecule has 1 saturated heterocycles. The van der Waals surface area contributed by atoms with Crippen LogP contribution in [0.25, 0.3) is 11.1 Å². The number of rotatable bonds is 4. The second-order valence-corrected chi connectivity index (χ2v) is 7.52. The molecule has 4 rings (SSSR count). The molecule has 1 atom stereocenters. The summed E-state index contributed by atoms with van der Waals surface area (Å²) in [5.41, 5.74) is 4.90. The van der Waals surface area contributed by atoms with Gasteiger partial charge < -0.3 is 9.73 Å². The Morgan fingerprint density at radius 2 is 2.00 bits per heavy atom. The molecule has 2 heterocycles. The van der Waals surface area contributed by atoms with E-state index in [2.05, 4.69) is 21.3 Å². The van der Waals surface area contributed by atoms with Gasteiger partial charge in [-0.1, -0.05) is 18.2 Å². The van der Waals surface area contributed by atoms with Gasteiger partial charge in [-0.15, -0.1) is 0 Å². The molecule has 1 fully saturated rings. The predicted octanol–water partition coefficient (Wildman–Crippen LogP) is 4.26. The van der Waals surface area contributed by atoms with Crippen LogP contribution >= 0.6 is 0 Å². The zero-order valence-corrected chi connectivity index (χ0v) is 15.9. The number of carbonyl (C=O) groups is 1. The maximum atomic E-state index is 12.5. The van der Waals surface area contributed by atoms with Gasteiger partial charge >= 0.3 is 0 Å². The molecule has 1 unspecified atom stereocenters. The molecule has 0 saturated carbocycles. The number of para-hydroxylation sites is 2. The number of amides is 1. The van der Waals surface area contributed by atoms with Crippen LogP contribution in [0.5, 0.6) is 0 Å². The first-order valence-electron chi connectivity index (χ1n) is 9.53. The molecule has 0 aliphatic carbocycles. The number of aromatic nitrogens is 1. The van der Waals surface area contributed by atoms with Crippen LogP contribution in [0.2, 0.25) is 0 Å². The van der Waals surface area contributed by atoms with Crippen LogP contribution in [0, 0.1) is 13.8 Å². The topological polar surface area (TPSA) is 58.4 Å². The number of carbonyl (C=O) groups excluding carboxylic acids is 1. The molecule has 1 amide bonds. The molecule has 27 heavy (non-hydrogen) atoms. The Bertz CT molecular complexity index is 910. The molecule has 5 nitrogen and oxygen atoms in total. The van der Waals surface area contributed by atoms with Crippen molar-refractivity contribution in [2.45, 2.75) is 32.6 Å². The van der Waals surface area contributed by atoms with Crippen molar-refractivity contribution < 1.29 is 9.21 Å². The standard InChI is InChI=1S/C22H25N3O2/c1-15-10-16(2)12-18(11-15)23-21(26)14-25-9-5-6-17(13-25)22-24-19-7-3-4-8-20(19)27-22/h3-4,7-8,10-12,17H,5-6,9,13-14H2,1-2H3,(H,23,26). The van der Waals surface area contributed by atoms with Gasteiger partial charge in [-0.3, -0.25) is 9.69 Å². The van der Waals surface area contributed by atoms with Gasteiger partial charge in [0.2, 0.25) is 5.91 Å². The summed E-state index contributed by atoms with van der Waals surface area (Å²) in [5, 5.41) is 3.03. The zero-order chi connectivity index (χ0) is 18.8. The van der Waals surface area contributed by atoms with Gasteiger partial charge in [0.25, 0.3) is 0 Å². The third-order valence-electron chi connectivity index (χ3n) is 5.04. The lowest BCUT2D eigenvalue weighted by Crippen LogP contribution is -2.39. The molecular weight excluding hydrogens is 338 g/mol. The van der Waals surface area contributed by atoms with Gasteiger partial charge in [0.15, 0.2) is 11.5 Å². The van der Waals surface area contributed by atoms with E-state index < -0.39 is 0 Å². The molecule has 1 aliphatic rings. The number of likely N-dealkylation sites (tertiary alicyclic amines) is 1. The third-order valence-corrected chi connectivity index (χ3v) is 5.04. The second-order valence-electron chi connectivity index (χ2n) is 7.52. The highest BCUT2D eigenvalue weighted by Crippen LogP contribution is 2.28. The fourth-order valence-corrected chi connectivity index (χ4v) is 3.92. The van der Waals surface area contributed by atoms with Crippen molar-refractivity contribution in [2.24, 2.45) is 0 Å². The van der Waals surface area contributed by atoms with Crippen molar-refractivity contribution in [3.8, 4) is 0 Å². The number of nitrogens with one attached hydrogen (secondary N) is 1. The van der Waals surface area contributed by atoms with E-state index in [1.54, 1.807) is 0 Å². The fraction of sp³-hybridized carbons (Fsp3) is 0.364. The highest BCUT2D eigenvalue weighted by Gasteiger charge is 2.26. The highest BCUT2D eigenvalue weighted by atomic mass is 16.3. The quantitative estimate of drug-likeness (QED) is 0.752. The number of aryl methyl sites for hydroxylation is 2. The Morgan fingerprint density at radius 1 is 1.22 bits per heavy atom. The number of fused-ring (bicyclic) bond motifs is 1. The minimum Gasteiger partial charge on any atom is -0.440 e. The van der Waals surface area contributed by atoms with Crippen LogP contribution < -0.4 is 5.32 Å². The van der Waals surface area contributed by atoms with Crippen LogP contribution in [0.4, 0.5) is 5.69 Å². The average Bonchev–Trinajstić information content (AvgIpc) is 3.05. The minimum absolute atomic E-state index is 0.0261. The van der Waals surface area contributed by atoms with Crippen molar-refractivity contribution in [1.82, 2.24) is 9.88 Å². The Kier molecular flexibility index (Phi) is 4.94. The first-order valence-corrected chi connectivity index (χ1v) is 9.53. The van der Waals surface area contributed by atoms with E-state index in [0.29, 0.717) is 6.54 Å². The Labute approximate surface area is 159 Å². The number of benzene rings is 2. The number of piperidine rings is 1. The van der Waals surface area contributed by atoms with E-state index in [4.69, 9.17) is 4.42 Å². The summed E-state index contributed by atoms with van der Waals surface area (Å²) in [6.45, 7) is 6.20. The molecule has 2 aromatic carbocycles. The summed E-state index contributed by atoms with van der Waals surface area (Å²) in [4.78, 5) is 19.3. The van der Waals surface area contributed by atoms with Gasteiger partial charge in [-0.05, 0) is 68.6 Å². The summed E-state index contributed by atoms with van der Waals surface area (Å²) in [6.07, 6.45) is 2.09. The second kappa shape index (κ2) is 7.53. The van der Waals surface area contributed by atoms with Crippen LogP contribution in [0.3, 0.4) is 0 Å². The normalized spacial score (nSPS) is 17.9. The highest BCUT2D eigenvalue weighted by molar-refractivity contribution is 5.92. The number of nitrogens with zero attached hydrogens (tertiary/aromatic N) is 2. The monoisotopic (exact) mass is 363 g/mol. The Morgan fingerprint density at radius 3 is 2.78 bits per heavy atom. The lowest BCUT2D eigenvalue weighted by molar-refractivity contribution is -0.117. The van der Waals surface area contributed by atoms with E-state index in [9.17, 15) is 4.79 Å². The van der Waals surface area contributed by atoms with Crippen molar-refractivity contribution in [3.05, 3.63) is 59.5 Å². The summed E-state index contributed by atoms with van der Waals surface area (Å²) in [5.74, 6) is 1.05. The maximum absolute atomic E-state index is 12.5. The summed E-state index contributed by atoms with van der Waals surface area (Å²) in [6, 6.07) is 14.0. The van der Waals surface area contributed by atoms with Crippen molar-refractivity contribution in [1.29, 1.82) is 0 Å². The van der Waals surface area contributed by atoms with E-state index in [1.807, 2.05) is 50.2 Å². The third kappa shape index (κ3) is 4.19. The summed E-state index contributed by atoms with van der Waals surface area (Å²) < 4.78 is 5.94. The van der Waals surface area contributed by atoms with E-state index >= 15 is 0 Å². The maximum Gasteiger partial charge on any atom is 0.238 e. The molecule has 1 aliphatic heterocycles. The SMILES string of the molecule is Cc1cc(C)cc(NC(=O)CN2CCCC(c3nc4ccccc4o3)C2)c1. The van der Waals surface area contributed by atoms with Crippen LogP contribution in [-0.4, -0.2) is 35.4 Å². The van der Waals surface area contributed by atoms with Crippen molar-refractivity contribution in [3.63, 3.8) is 0 Å². The average molecular weight is 363 g/mol. The number of anilines is 1. The van der Waals surface area contributed by atoms with Crippen molar-refractivity contribution >= 4 is 22.7 Å². The van der Waals surface area contributed by atoms with Gasteiger partial charge in [0, 0.05) is 18.2 Å². The smallest absolute Gasteiger partial charge is 0.238 e. The van der Waals surface area contributed by atoms with Gasteiger partial charge in [-0.25, -0.2) is 4.98 Å². The first kappa shape index (κ1) is 17.7. The van der Waals surface area contributed by atoms with Crippen LogP contribution in [-0.2, 0) is 4.79 Å². The fourth-order valence-electron chi connectivity index (χ4n) is 3.92. The molecule has 0 bridgehead atoms. The van der Waals surface area contributed by atoms with Gasteiger partial charge in [-0.2, -0.15) is 0 Å². The van der Waals surface area contributed by atoms with E-state index in [0.717, 1.165) is 59.7 Å². The van der Waals surface area contributed by atoms with Crippen LogP contribution in [0.1, 0.15) is 35.8 Å². The molecular formula is C22H25N3O2. The molecule has 1 N–H and O–H groups in total. The minimum atomic E-state index is 0.0261.